The van der Waals surface area contributed by atoms with Gasteiger partial charge >= 0.3 is 5.97 Å². The zero-order chi connectivity index (χ0) is 20.8. The summed E-state index contributed by atoms with van der Waals surface area (Å²) < 4.78 is 29.1. The number of hydrogen-bond acceptors (Lipinski definition) is 5. The zero-order valence-electron chi connectivity index (χ0n) is 16.4. The lowest BCUT2D eigenvalue weighted by Crippen LogP contribution is -2.35. The molecule has 3 rings (SSSR count). The molecule has 1 heterocycles. The fourth-order valence-corrected chi connectivity index (χ4v) is 3.07. The largest absolute Gasteiger partial charge is 0.486 e. The first-order valence-corrected chi connectivity index (χ1v) is 9.51. The van der Waals surface area contributed by atoms with E-state index in [-0.39, 0.29) is 30.8 Å². The SMILES string of the molecule is CC(C)[C@H](NC(=O)COC(=O)Cc1ccc(F)cc1)c1ccc2c(c1)OCCO2. The third-order valence-electron chi connectivity index (χ3n) is 4.53. The molecule has 0 spiro atoms. The van der Waals surface area contributed by atoms with Gasteiger partial charge in [-0.25, -0.2) is 4.39 Å². The standard InChI is InChI=1S/C22H24FNO5/c1-14(2)22(16-5-8-18-19(12-16)28-10-9-27-18)24-20(25)13-29-21(26)11-15-3-6-17(23)7-4-15/h3-8,12,14,22H,9-11,13H2,1-2H3,(H,24,25)/t22-/m0/s1. The van der Waals surface area contributed by atoms with Crippen LogP contribution in [0, 0.1) is 11.7 Å². The Hall–Kier alpha value is -3.09. The molecule has 0 saturated heterocycles. The molecule has 1 N–H and O–H groups in total. The normalized spacial score (nSPS) is 13.7. The van der Waals surface area contributed by atoms with Crippen LogP contribution in [0.15, 0.2) is 42.5 Å². The molecule has 1 atom stereocenters. The van der Waals surface area contributed by atoms with E-state index in [4.69, 9.17) is 14.2 Å². The summed E-state index contributed by atoms with van der Waals surface area (Å²) in [6, 6.07) is 10.9. The third-order valence-corrected chi connectivity index (χ3v) is 4.53. The smallest absolute Gasteiger partial charge is 0.310 e. The van der Waals surface area contributed by atoms with Crippen LogP contribution in [-0.4, -0.2) is 31.7 Å². The highest BCUT2D eigenvalue weighted by Crippen LogP contribution is 2.34. The van der Waals surface area contributed by atoms with Gasteiger partial charge in [-0.05, 0) is 41.3 Å². The Morgan fingerprint density at radius 2 is 1.76 bits per heavy atom. The summed E-state index contributed by atoms with van der Waals surface area (Å²) in [5.74, 6) is 0.123. The molecule has 2 aromatic carbocycles. The average molecular weight is 401 g/mol. The van der Waals surface area contributed by atoms with Crippen LogP contribution in [0.5, 0.6) is 11.5 Å². The van der Waals surface area contributed by atoms with Crippen molar-refractivity contribution in [3.05, 3.63) is 59.4 Å². The number of hydrogen-bond donors (Lipinski definition) is 1. The van der Waals surface area contributed by atoms with Gasteiger partial charge in [-0.3, -0.25) is 9.59 Å². The molecule has 1 amide bonds. The van der Waals surface area contributed by atoms with Crippen molar-refractivity contribution >= 4 is 11.9 Å². The highest BCUT2D eigenvalue weighted by molar-refractivity contribution is 5.81. The fourth-order valence-electron chi connectivity index (χ4n) is 3.07. The summed E-state index contributed by atoms with van der Waals surface area (Å²) in [6.45, 7) is 4.59. The van der Waals surface area contributed by atoms with Crippen LogP contribution in [0.25, 0.3) is 0 Å². The van der Waals surface area contributed by atoms with E-state index in [1.165, 1.54) is 24.3 Å². The van der Waals surface area contributed by atoms with Gasteiger partial charge in [0.15, 0.2) is 18.1 Å². The second-order valence-corrected chi connectivity index (χ2v) is 7.16. The van der Waals surface area contributed by atoms with Gasteiger partial charge in [-0.1, -0.05) is 32.0 Å². The summed E-state index contributed by atoms with van der Waals surface area (Å²) in [7, 11) is 0. The first-order chi connectivity index (χ1) is 13.9. The van der Waals surface area contributed by atoms with E-state index in [0.29, 0.717) is 30.3 Å². The Bertz CT molecular complexity index is 866. The first kappa shape index (κ1) is 20.6. The van der Waals surface area contributed by atoms with Crippen LogP contribution in [0.2, 0.25) is 0 Å². The van der Waals surface area contributed by atoms with Gasteiger partial charge in [-0.2, -0.15) is 0 Å². The number of halogens is 1. The summed E-state index contributed by atoms with van der Waals surface area (Å²) in [6.07, 6.45) is -0.0245. The molecule has 29 heavy (non-hydrogen) atoms. The van der Waals surface area contributed by atoms with E-state index >= 15 is 0 Å². The van der Waals surface area contributed by atoms with E-state index in [2.05, 4.69) is 5.32 Å². The number of esters is 1. The summed E-state index contributed by atoms with van der Waals surface area (Å²) in [5.41, 5.74) is 1.50. The maximum absolute atomic E-state index is 12.9. The van der Waals surface area contributed by atoms with Gasteiger partial charge in [0.25, 0.3) is 5.91 Å². The van der Waals surface area contributed by atoms with Crippen molar-refractivity contribution in [2.75, 3.05) is 19.8 Å². The number of amides is 1. The second kappa shape index (κ2) is 9.41. The average Bonchev–Trinajstić information content (AvgIpc) is 2.71. The van der Waals surface area contributed by atoms with E-state index < -0.39 is 11.9 Å². The van der Waals surface area contributed by atoms with Crippen LogP contribution < -0.4 is 14.8 Å². The van der Waals surface area contributed by atoms with Crippen molar-refractivity contribution in [2.24, 2.45) is 5.92 Å². The summed E-state index contributed by atoms with van der Waals surface area (Å²) >= 11 is 0. The van der Waals surface area contributed by atoms with Gasteiger partial charge in [0, 0.05) is 0 Å². The van der Waals surface area contributed by atoms with E-state index in [1.54, 1.807) is 0 Å². The van der Waals surface area contributed by atoms with Crippen LogP contribution in [0.4, 0.5) is 4.39 Å². The predicted octanol–water partition coefficient (Wildman–Crippen LogP) is 3.20. The number of nitrogens with one attached hydrogen (secondary N) is 1. The Kier molecular flexibility index (Phi) is 6.69. The zero-order valence-corrected chi connectivity index (χ0v) is 16.4. The van der Waals surface area contributed by atoms with Gasteiger partial charge in [0.1, 0.15) is 19.0 Å². The third kappa shape index (κ3) is 5.70. The van der Waals surface area contributed by atoms with Crippen LogP contribution in [0.3, 0.4) is 0 Å². The molecule has 1 aliphatic heterocycles. The van der Waals surface area contributed by atoms with Crippen LogP contribution >= 0.6 is 0 Å². The summed E-state index contributed by atoms with van der Waals surface area (Å²) in [4.78, 5) is 24.3. The lowest BCUT2D eigenvalue weighted by Gasteiger charge is -2.25. The molecule has 2 aromatic rings. The van der Waals surface area contributed by atoms with Crippen LogP contribution in [0.1, 0.15) is 31.0 Å². The van der Waals surface area contributed by atoms with Crippen molar-refractivity contribution in [3.63, 3.8) is 0 Å². The van der Waals surface area contributed by atoms with Gasteiger partial charge in [0.05, 0.1) is 12.5 Å². The molecule has 6 nitrogen and oxygen atoms in total. The minimum atomic E-state index is -0.549. The monoisotopic (exact) mass is 401 g/mol. The molecule has 0 aliphatic carbocycles. The number of carbonyl (C=O) groups is 2. The van der Waals surface area contributed by atoms with E-state index in [9.17, 15) is 14.0 Å². The highest BCUT2D eigenvalue weighted by atomic mass is 19.1. The molecule has 0 unspecified atom stereocenters. The number of ether oxygens (including phenoxy) is 3. The van der Waals surface area contributed by atoms with Crippen molar-refractivity contribution < 1.29 is 28.2 Å². The number of benzene rings is 2. The Morgan fingerprint density at radius 3 is 2.45 bits per heavy atom. The fraction of sp³-hybridized carbons (Fsp3) is 0.364. The molecular weight excluding hydrogens is 377 g/mol. The number of carbonyl (C=O) groups excluding carboxylic acids is 2. The lowest BCUT2D eigenvalue weighted by molar-refractivity contribution is -0.148. The Balaban J connectivity index is 1.55. The molecule has 154 valence electrons. The minimum absolute atomic E-state index is 0.0245. The number of rotatable bonds is 7. The molecule has 0 radical (unpaired) electrons. The molecule has 0 aromatic heterocycles. The van der Waals surface area contributed by atoms with Crippen molar-refractivity contribution in [3.8, 4) is 11.5 Å². The first-order valence-electron chi connectivity index (χ1n) is 9.51. The predicted molar refractivity (Wildman–Crippen MR) is 104 cm³/mol. The van der Waals surface area contributed by atoms with Crippen LogP contribution in [-0.2, 0) is 20.7 Å². The lowest BCUT2D eigenvalue weighted by atomic mass is 9.95. The maximum Gasteiger partial charge on any atom is 0.310 e. The minimum Gasteiger partial charge on any atom is -0.486 e. The molecule has 7 heteroatoms. The van der Waals surface area contributed by atoms with E-state index in [1.807, 2.05) is 32.0 Å². The van der Waals surface area contributed by atoms with Gasteiger partial charge in [-0.15, -0.1) is 0 Å². The topological polar surface area (TPSA) is 73.9 Å². The highest BCUT2D eigenvalue weighted by Gasteiger charge is 2.22. The van der Waals surface area contributed by atoms with Crippen molar-refractivity contribution in [1.29, 1.82) is 0 Å². The molecule has 0 saturated carbocycles. The Labute approximate surface area is 169 Å². The van der Waals surface area contributed by atoms with E-state index in [0.717, 1.165) is 5.56 Å². The molecule has 1 aliphatic rings. The maximum atomic E-state index is 12.9. The van der Waals surface area contributed by atoms with Crippen molar-refractivity contribution in [2.45, 2.75) is 26.3 Å². The van der Waals surface area contributed by atoms with Gasteiger partial charge < -0.3 is 19.5 Å². The molecule has 0 bridgehead atoms. The Morgan fingerprint density at radius 1 is 1.07 bits per heavy atom. The molecular formula is C22H24FNO5. The number of fused-ring (bicyclic) bond motifs is 1. The summed E-state index contributed by atoms with van der Waals surface area (Å²) in [5, 5.41) is 2.90. The van der Waals surface area contributed by atoms with Crippen molar-refractivity contribution in [1.82, 2.24) is 5.32 Å². The molecule has 0 fully saturated rings. The van der Waals surface area contributed by atoms with Gasteiger partial charge in [0.2, 0.25) is 0 Å². The quantitative estimate of drug-likeness (QED) is 0.722. The second-order valence-electron chi connectivity index (χ2n) is 7.16.